The van der Waals surface area contributed by atoms with Gasteiger partial charge in [-0.15, -0.1) is 22.7 Å². The third-order valence-corrected chi connectivity index (χ3v) is 4.86. The second kappa shape index (κ2) is 7.72. The lowest BCUT2D eigenvalue weighted by Gasteiger charge is -2.17. The van der Waals surface area contributed by atoms with E-state index in [-0.39, 0.29) is 0 Å². The highest BCUT2D eigenvalue weighted by molar-refractivity contribution is 7.10. The van der Waals surface area contributed by atoms with E-state index in [1.807, 2.05) is 22.7 Å². The van der Waals surface area contributed by atoms with Crippen LogP contribution in [0.4, 0.5) is 0 Å². The lowest BCUT2D eigenvalue weighted by Crippen LogP contribution is -2.32. The van der Waals surface area contributed by atoms with Crippen molar-refractivity contribution >= 4 is 22.7 Å². The lowest BCUT2D eigenvalue weighted by molar-refractivity contribution is 0.481. The first-order valence-corrected chi connectivity index (χ1v) is 8.42. The molecule has 2 heterocycles. The topological polar surface area (TPSA) is 12.0 Å². The van der Waals surface area contributed by atoms with Gasteiger partial charge in [0.2, 0.25) is 0 Å². The molecule has 1 unspecified atom stereocenters. The Morgan fingerprint density at radius 1 is 1.11 bits per heavy atom. The summed E-state index contributed by atoms with van der Waals surface area (Å²) in [6.45, 7) is 3.36. The molecule has 0 aliphatic carbocycles. The molecular weight excluding hydrogens is 258 g/mol. The van der Waals surface area contributed by atoms with Crippen LogP contribution in [0.15, 0.2) is 35.0 Å². The zero-order valence-electron chi connectivity index (χ0n) is 10.9. The average Bonchev–Trinajstić information content (AvgIpc) is 3.05. The van der Waals surface area contributed by atoms with Crippen LogP contribution in [0, 0.1) is 0 Å². The molecule has 0 fully saturated rings. The van der Waals surface area contributed by atoms with E-state index in [9.17, 15) is 0 Å². The van der Waals surface area contributed by atoms with E-state index in [2.05, 4.69) is 47.3 Å². The molecule has 1 nitrogen and oxygen atoms in total. The number of hydrogen-bond donors (Lipinski definition) is 1. The van der Waals surface area contributed by atoms with Crippen molar-refractivity contribution in [3.05, 3.63) is 44.8 Å². The second-order valence-corrected chi connectivity index (χ2v) is 6.62. The van der Waals surface area contributed by atoms with Crippen LogP contribution in [-0.4, -0.2) is 12.6 Å². The van der Waals surface area contributed by atoms with Crippen molar-refractivity contribution < 1.29 is 0 Å². The van der Waals surface area contributed by atoms with E-state index in [4.69, 9.17) is 0 Å². The molecule has 3 heteroatoms. The fraction of sp³-hybridized carbons (Fsp3) is 0.467. The molecule has 2 aromatic heterocycles. The molecule has 0 aliphatic heterocycles. The summed E-state index contributed by atoms with van der Waals surface area (Å²) in [6.07, 6.45) is 4.81. The summed E-state index contributed by atoms with van der Waals surface area (Å²) < 4.78 is 0. The Kier molecular flexibility index (Phi) is 5.91. The van der Waals surface area contributed by atoms with Crippen LogP contribution in [0.5, 0.6) is 0 Å². The van der Waals surface area contributed by atoms with Crippen LogP contribution < -0.4 is 5.32 Å². The van der Waals surface area contributed by atoms with Gasteiger partial charge in [-0.2, -0.15) is 0 Å². The van der Waals surface area contributed by atoms with Crippen LogP contribution >= 0.6 is 22.7 Å². The van der Waals surface area contributed by atoms with Gasteiger partial charge in [0.25, 0.3) is 0 Å². The number of nitrogens with one attached hydrogen (secondary N) is 1. The molecule has 2 rings (SSSR count). The first-order valence-electron chi connectivity index (χ1n) is 6.66. The summed E-state index contributed by atoms with van der Waals surface area (Å²) in [5.74, 6) is 0. The molecule has 0 bridgehead atoms. The second-order valence-electron chi connectivity index (χ2n) is 4.55. The van der Waals surface area contributed by atoms with Crippen LogP contribution in [0.3, 0.4) is 0 Å². The van der Waals surface area contributed by atoms with Crippen LogP contribution in [0.1, 0.15) is 29.5 Å². The van der Waals surface area contributed by atoms with Crippen molar-refractivity contribution in [3.8, 4) is 0 Å². The fourth-order valence-electron chi connectivity index (χ4n) is 2.07. The number of hydrogen-bond acceptors (Lipinski definition) is 3. The van der Waals surface area contributed by atoms with Gasteiger partial charge in [-0.3, -0.25) is 0 Å². The van der Waals surface area contributed by atoms with Gasteiger partial charge in [-0.1, -0.05) is 19.1 Å². The third-order valence-electron chi connectivity index (χ3n) is 3.03. The molecular formula is C15H21NS2. The van der Waals surface area contributed by atoms with Gasteiger partial charge in [0.1, 0.15) is 0 Å². The Morgan fingerprint density at radius 3 is 2.44 bits per heavy atom. The molecule has 1 atom stereocenters. The van der Waals surface area contributed by atoms with E-state index in [1.165, 1.54) is 35.4 Å². The highest BCUT2D eigenvalue weighted by atomic mass is 32.1. The van der Waals surface area contributed by atoms with Crippen molar-refractivity contribution in [3.63, 3.8) is 0 Å². The molecule has 98 valence electrons. The Labute approximate surface area is 118 Å². The van der Waals surface area contributed by atoms with E-state index < -0.39 is 0 Å². The molecule has 0 saturated carbocycles. The summed E-state index contributed by atoms with van der Waals surface area (Å²) in [6, 6.07) is 9.40. The van der Waals surface area contributed by atoms with Crippen molar-refractivity contribution in [1.82, 2.24) is 5.32 Å². The predicted octanol–water partition coefficient (Wildman–Crippen LogP) is 4.35. The standard InChI is InChI=1S/C15H21NS2/c1-2-9-16-13(12-15-6-4-11-18-15)7-8-14-5-3-10-17-14/h3-6,10-11,13,16H,2,7-9,12H2,1H3. The largest absolute Gasteiger partial charge is 0.314 e. The molecule has 1 N–H and O–H groups in total. The van der Waals surface area contributed by atoms with Crippen molar-refractivity contribution in [2.45, 2.75) is 38.6 Å². The van der Waals surface area contributed by atoms with E-state index >= 15 is 0 Å². The van der Waals surface area contributed by atoms with Crippen molar-refractivity contribution in [1.29, 1.82) is 0 Å². The van der Waals surface area contributed by atoms with Gasteiger partial charge in [0.05, 0.1) is 0 Å². The fourth-order valence-corrected chi connectivity index (χ4v) is 3.58. The minimum atomic E-state index is 0.616. The molecule has 0 aromatic carbocycles. The summed E-state index contributed by atoms with van der Waals surface area (Å²) >= 11 is 3.74. The van der Waals surface area contributed by atoms with Gasteiger partial charge in [0.15, 0.2) is 0 Å². The van der Waals surface area contributed by atoms with Gasteiger partial charge in [-0.05, 0) is 55.1 Å². The Balaban J connectivity index is 1.84. The quantitative estimate of drug-likeness (QED) is 0.757. The maximum Gasteiger partial charge on any atom is 0.0119 e. The minimum absolute atomic E-state index is 0.616. The van der Waals surface area contributed by atoms with Crippen LogP contribution in [-0.2, 0) is 12.8 Å². The van der Waals surface area contributed by atoms with E-state index in [1.54, 1.807) is 0 Å². The van der Waals surface area contributed by atoms with E-state index in [0.29, 0.717) is 6.04 Å². The van der Waals surface area contributed by atoms with Crippen LogP contribution in [0.25, 0.3) is 0 Å². The Morgan fingerprint density at radius 2 is 1.83 bits per heavy atom. The van der Waals surface area contributed by atoms with Crippen molar-refractivity contribution in [2.75, 3.05) is 6.54 Å². The SMILES string of the molecule is CCCNC(CCc1cccs1)Cc1cccs1. The average molecular weight is 279 g/mol. The summed E-state index contributed by atoms with van der Waals surface area (Å²) in [5.41, 5.74) is 0. The maximum absolute atomic E-state index is 3.68. The molecule has 0 saturated heterocycles. The highest BCUT2D eigenvalue weighted by Crippen LogP contribution is 2.16. The first-order chi connectivity index (χ1) is 8.88. The smallest absolute Gasteiger partial charge is 0.0119 e. The first kappa shape index (κ1) is 13.8. The van der Waals surface area contributed by atoms with Gasteiger partial charge >= 0.3 is 0 Å². The molecule has 0 amide bonds. The third kappa shape index (κ3) is 4.56. The Hall–Kier alpha value is -0.640. The molecule has 0 radical (unpaired) electrons. The van der Waals surface area contributed by atoms with Gasteiger partial charge in [-0.25, -0.2) is 0 Å². The molecule has 18 heavy (non-hydrogen) atoms. The van der Waals surface area contributed by atoms with E-state index in [0.717, 1.165) is 6.54 Å². The molecule has 0 aliphatic rings. The number of aryl methyl sites for hydroxylation is 1. The number of rotatable bonds is 8. The monoisotopic (exact) mass is 279 g/mol. The highest BCUT2D eigenvalue weighted by Gasteiger charge is 2.10. The van der Waals surface area contributed by atoms with Crippen molar-refractivity contribution in [2.24, 2.45) is 0 Å². The number of thiophene rings is 2. The lowest BCUT2D eigenvalue weighted by atomic mass is 10.1. The van der Waals surface area contributed by atoms with Gasteiger partial charge < -0.3 is 5.32 Å². The van der Waals surface area contributed by atoms with Gasteiger partial charge in [0, 0.05) is 15.8 Å². The predicted molar refractivity (Wildman–Crippen MR) is 82.7 cm³/mol. The zero-order chi connectivity index (χ0) is 12.6. The minimum Gasteiger partial charge on any atom is -0.314 e. The maximum atomic E-state index is 3.68. The molecule has 0 spiro atoms. The zero-order valence-corrected chi connectivity index (χ0v) is 12.5. The normalized spacial score (nSPS) is 12.7. The summed E-state index contributed by atoms with van der Waals surface area (Å²) in [7, 11) is 0. The van der Waals surface area contributed by atoms with Crippen LogP contribution in [0.2, 0.25) is 0 Å². The Bertz CT molecular complexity index is 406. The molecule has 2 aromatic rings. The summed E-state index contributed by atoms with van der Waals surface area (Å²) in [5, 5.41) is 8.02. The summed E-state index contributed by atoms with van der Waals surface area (Å²) in [4.78, 5) is 3.00.